The predicted octanol–water partition coefficient (Wildman–Crippen LogP) is 2.57. The van der Waals surface area contributed by atoms with Crippen molar-refractivity contribution in [2.75, 3.05) is 5.32 Å². The third kappa shape index (κ3) is 1.23. The Bertz CT molecular complexity index is 481. The van der Waals surface area contributed by atoms with E-state index in [1.807, 2.05) is 19.9 Å². The first-order valence-corrected chi connectivity index (χ1v) is 5.54. The molecule has 0 saturated carbocycles. The molecular weight excluding hydrogens is 200 g/mol. The molecule has 0 saturated heterocycles. The Morgan fingerprint density at radius 2 is 2.06 bits per heavy atom. The number of nitrogens with one attached hydrogen (secondary N) is 1. The van der Waals surface area contributed by atoms with E-state index in [-0.39, 0.29) is 5.91 Å². The number of rotatable bonds is 2. The molecule has 1 aliphatic rings. The van der Waals surface area contributed by atoms with E-state index in [1.54, 1.807) is 12.1 Å². The van der Waals surface area contributed by atoms with Crippen molar-refractivity contribution in [3.05, 3.63) is 29.3 Å². The SMILES string of the molecule is CCC1(CC)C(=O)Nc2cc(C#N)ccc21. The molecule has 0 aromatic heterocycles. The smallest absolute Gasteiger partial charge is 0.235 e. The molecule has 1 aliphatic heterocycles. The van der Waals surface area contributed by atoms with Crippen LogP contribution < -0.4 is 5.32 Å². The molecule has 0 fully saturated rings. The van der Waals surface area contributed by atoms with Crippen LogP contribution in [0.25, 0.3) is 0 Å². The second kappa shape index (κ2) is 3.64. The van der Waals surface area contributed by atoms with Gasteiger partial charge in [0.15, 0.2) is 0 Å². The number of amides is 1. The number of hydrogen-bond donors (Lipinski definition) is 1. The maximum Gasteiger partial charge on any atom is 0.235 e. The van der Waals surface area contributed by atoms with Gasteiger partial charge in [0.05, 0.1) is 17.0 Å². The Hall–Kier alpha value is -1.82. The molecule has 1 amide bonds. The summed E-state index contributed by atoms with van der Waals surface area (Å²) < 4.78 is 0. The molecule has 0 bridgehead atoms. The van der Waals surface area contributed by atoms with Crippen LogP contribution in [-0.2, 0) is 10.2 Å². The van der Waals surface area contributed by atoms with Crippen LogP contribution in [0.2, 0.25) is 0 Å². The van der Waals surface area contributed by atoms with E-state index < -0.39 is 5.41 Å². The lowest BCUT2D eigenvalue weighted by Gasteiger charge is -2.23. The fourth-order valence-electron chi connectivity index (χ4n) is 2.45. The van der Waals surface area contributed by atoms with Crippen molar-refractivity contribution < 1.29 is 4.79 Å². The van der Waals surface area contributed by atoms with Crippen molar-refractivity contribution in [3.8, 4) is 6.07 Å². The van der Waals surface area contributed by atoms with E-state index in [4.69, 9.17) is 5.26 Å². The maximum atomic E-state index is 12.0. The largest absolute Gasteiger partial charge is 0.325 e. The Labute approximate surface area is 95.1 Å². The average Bonchev–Trinajstić information content (AvgIpc) is 2.60. The number of anilines is 1. The van der Waals surface area contributed by atoms with Crippen molar-refractivity contribution in [2.24, 2.45) is 0 Å². The molecule has 1 heterocycles. The van der Waals surface area contributed by atoms with Gasteiger partial charge in [0.1, 0.15) is 0 Å². The molecule has 3 nitrogen and oxygen atoms in total. The minimum atomic E-state index is -0.399. The lowest BCUT2D eigenvalue weighted by molar-refractivity contribution is -0.121. The number of benzene rings is 1. The summed E-state index contributed by atoms with van der Waals surface area (Å²) in [6.07, 6.45) is 1.57. The summed E-state index contributed by atoms with van der Waals surface area (Å²) in [5.41, 5.74) is 2.01. The van der Waals surface area contributed by atoms with E-state index in [0.29, 0.717) is 5.56 Å². The van der Waals surface area contributed by atoms with E-state index in [2.05, 4.69) is 11.4 Å². The molecule has 0 radical (unpaired) electrons. The van der Waals surface area contributed by atoms with Gasteiger partial charge in [-0.15, -0.1) is 0 Å². The normalized spacial score (nSPS) is 16.4. The van der Waals surface area contributed by atoms with Crippen LogP contribution in [0.15, 0.2) is 18.2 Å². The van der Waals surface area contributed by atoms with E-state index in [1.165, 1.54) is 0 Å². The van der Waals surface area contributed by atoms with Crippen molar-refractivity contribution >= 4 is 11.6 Å². The first-order chi connectivity index (χ1) is 7.67. The molecule has 1 aromatic carbocycles. The van der Waals surface area contributed by atoms with Crippen LogP contribution in [0.5, 0.6) is 0 Å². The van der Waals surface area contributed by atoms with E-state index >= 15 is 0 Å². The molecule has 3 heteroatoms. The number of hydrogen-bond acceptors (Lipinski definition) is 2. The fraction of sp³-hybridized carbons (Fsp3) is 0.385. The minimum absolute atomic E-state index is 0.0580. The van der Waals surface area contributed by atoms with Crippen molar-refractivity contribution in [2.45, 2.75) is 32.1 Å². The Kier molecular flexibility index (Phi) is 2.43. The number of nitrogens with zero attached hydrogens (tertiary/aromatic N) is 1. The first-order valence-electron chi connectivity index (χ1n) is 5.54. The molecule has 2 rings (SSSR count). The molecule has 1 aromatic rings. The standard InChI is InChI=1S/C13H14N2O/c1-3-13(4-2)10-6-5-9(8-14)7-11(10)15-12(13)16/h5-7H,3-4H2,1-2H3,(H,15,16). The molecule has 0 unspecified atom stereocenters. The quantitative estimate of drug-likeness (QED) is 0.822. The Morgan fingerprint density at radius 1 is 1.38 bits per heavy atom. The van der Waals surface area contributed by atoms with Gasteiger partial charge in [0, 0.05) is 5.69 Å². The van der Waals surface area contributed by atoms with Gasteiger partial charge in [-0.1, -0.05) is 19.9 Å². The van der Waals surface area contributed by atoms with Crippen molar-refractivity contribution in [1.82, 2.24) is 0 Å². The second-order valence-corrected chi connectivity index (χ2v) is 4.12. The van der Waals surface area contributed by atoms with Gasteiger partial charge >= 0.3 is 0 Å². The zero-order valence-electron chi connectivity index (χ0n) is 9.50. The third-order valence-electron chi connectivity index (χ3n) is 3.55. The summed E-state index contributed by atoms with van der Waals surface area (Å²) in [5, 5.41) is 11.7. The highest BCUT2D eigenvalue weighted by molar-refractivity contribution is 6.06. The second-order valence-electron chi connectivity index (χ2n) is 4.12. The molecule has 1 N–H and O–H groups in total. The van der Waals surface area contributed by atoms with Gasteiger partial charge in [-0.05, 0) is 30.5 Å². The number of carbonyl (C=O) groups excluding carboxylic acids is 1. The first kappa shape index (κ1) is 10.7. The lowest BCUT2D eigenvalue weighted by atomic mass is 9.77. The topological polar surface area (TPSA) is 52.9 Å². The highest BCUT2D eigenvalue weighted by atomic mass is 16.2. The van der Waals surface area contributed by atoms with Crippen LogP contribution in [-0.4, -0.2) is 5.91 Å². The van der Waals surface area contributed by atoms with Gasteiger partial charge in [-0.25, -0.2) is 0 Å². The van der Waals surface area contributed by atoms with Crippen LogP contribution in [0.3, 0.4) is 0 Å². The number of carbonyl (C=O) groups is 1. The molecule has 16 heavy (non-hydrogen) atoms. The fourth-order valence-corrected chi connectivity index (χ4v) is 2.45. The summed E-state index contributed by atoms with van der Waals surface area (Å²) in [6.45, 7) is 4.05. The highest BCUT2D eigenvalue weighted by Gasteiger charge is 2.43. The summed E-state index contributed by atoms with van der Waals surface area (Å²) in [7, 11) is 0. The van der Waals surface area contributed by atoms with Gasteiger partial charge < -0.3 is 5.32 Å². The number of nitriles is 1. The minimum Gasteiger partial charge on any atom is -0.325 e. The Balaban J connectivity index is 2.59. The van der Waals surface area contributed by atoms with Gasteiger partial charge in [0.25, 0.3) is 0 Å². The maximum absolute atomic E-state index is 12.0. The molecule has 0 spiro atoms. The van der Waals surface area contributed by atoms with Crippen LogP contribution in [0, 0.1) is 11.3 Å². The molecule has 82 valence electrons. The lowest BCUT2D eigenvalue weighted by Crippen LogP contribution is -2.32. The molecule has 0 aliphatic carbocycles. The summed E-state index contributed by atoms with van der Waals surface area (Å²) in [5.74, 6) is 0.0580. The van der Waals surface area contributed by atoms with E-state index in [0.717, 1.165) is 24.1 Å². The summed E-state index contributed by atoms with van der Waals surface area (Å²) in [6, 6.07) is 7.51. The predicted molar refractivity (Wildman–Crippen MR) is 62.0 cm³/mol. The van der Waals surface area contributed by atoms with Crippen molar-refractivity contribution in [3.63, 3.8) is 0 Å². The van der Waals surface area contributed by atoms with Crippen molar-refractivity contribution in [1.29, 1.82) is 5.26 Å². The Morgan fingerprint density at radius 3 is 2.62 bits per heavy atom. The highest BCUT2D eigenvalue weighted by Crippen LogP contribution is 2.42. The van der Waals surface area contributed by atoms with Gasteiger partial charge in [-0.2, -0.15) is 5.26 Å². The zero-order chi connectivity index (χ0) is 11.8. The van der Waals surface area contributed by atoms with E-state index in [9.17, 15) is 4.79 Å². The molecule has 0 atom stereocenters. The zero-order valence-corrected chi connectivity index (χ0v) is 9.50. The summed E-state index contributed by atoms with van der Waals surface area (Å²) >= 11 is 0. The average molecular weight is 214 g/mol. The van der Waals surface area contributed by atoms with Crippen LogP contribution in [0.1, 0.15) is 37.8 Å². The third-order valence-corrected chi connectivity index (χ3v) is 3.55. The summed E-state index contributed by atoms with van der Waals surface area (Å²) in [4.78, 5) is 12.0. The van der Waals surface area contributed by atoms with Crippen LogP contribution >= 0.6 is 0 Å². The van der Waals surface area contributed by atoms with Gasteiger partial charge in [0.2, 0.25) is 5.91 Å². The number of fused-ring (bicyclic) bond motifs is 1. The monoisotopic (exact) mass is 214 g/mol. The van der Waals surface area contributed by atoms with Crippen LogP contribution in [0.4, 0.5) is 5.69 Å². The van der Waals surface area contributed by atoms with Gasteiger partial charge in [-0.3, -0.25) is 4.79 Å². The molecular formula is C13H14N2O.